The summed E-state index contributed by atoms with van der Waals surface area (Å²) < 4.78 is 8.95. The molecule has 0 fully saturated rings. The first-order chi connectivity index (χ1) is 21.0. The normalized spacial score (nSPS) is 13.6. The lowest BCUT2D eigenvalue weighted by Gasteiger charge is -2.26. The fourth-order valence-electron chi connectivity index (χ4n) is 6.23. The van der Waals surface area contributed by atoms with Gasteiger partial charge in [0.1, 0.15) is 17.3 Å². The monoisotopic (exact) mass is 580 g/mol. The summed E-state index contributed by atoms with van der Waals surface area (Å²) in [6.45, 7) is 14.4. The summed E-state index contributed by atoms with van der Waals surface area (Å²) in [5.74, 6) is 2.51. The Morgan fingerprint density at radius 2 is 1.39 bits per heavy atom. The minimum absolute atomic E-state index is 0.0504. The second-order valence-corrected chi connectivity index (χ2v) is 14.0. The van der Waals surface area contributed by atoms with Crippen molar-refractivity contribution in [2.45, 2.75) is 52.4 Å². The maximum atomic E-state index is 6.73. The van der Waals surface area contributed by atoms with Crippen molar-refractivity contribution in [3.05, 3.63) is 114 Å². The molecule has 5 heteroatoms. The Morgan fingerprint density at radius 3 is 2.14 bits per heavy atom. The molecule has 0 saturated heterocycles. The zero-order chi connectivity index (χ0) is 30.8. The molecule has 0 spiro atoms. The van der Waals surface area contributed by atoms with Crippen molar-refractivity contribution in [1.82, 2.24) is 9.55 Å². The molecular formula is C39H40N4O. The summed E-state index contributed by atoms with van der Waals surface area (Å²) in [5.41, 5.74) is 8.39. The van der Waals surface area contributed by atoms with E-state index in [2.05, 4.69) is 153 Å². The number of para-hydroxylation sites is 1. The number of hydrogen-bond acceptors (Lipinski definition) is 4. The molecule has 1 aliphatic rings. The van der Waals surface area contributed by atoms with Gasteiger partial charge in [-0.15, -0.1) is 0 Å². The van der Waals surface area contributed by atoms with E-state index in [0.29, 0.717) is 0 Å². The summed E-state index contributed by atoms with van der Waals surface area (Å²) in [7, 11) is 2.16. The molecule has 1 aliphatic heterocycles. The molecule has 0 radical (unpaired) electrons. The van der Waals surface area contributed by atoms with E-state index in [0.717, 1.165) is 40.7 Å². The maximum Gasteiger partial charge on any atom is 0.137 e. The number of ether oxygens (including phenoxy) is 1. The maximum absolute atomic E-state index is 6.73. The Labute approximate surface area is 260 Å². The molecule has 0 aliphatic carbocycles. The van der Waals surface area contributed by atoms with Crippen LogP contribution in [0.3, 0.4) is 0 Å². The topological polar surface area (TPSA) is 33.5 Å². The summed E-state index contributed by atoms with van der Waals surface area (Å²) >= 11 is 0. The number of anilines is 3. The van der Waals surface area contributed by atoms with Crippen molar-refractivity contribution >= 4 is 38.9 Å². The van der Waals surface area contributed by atoms with Crippen molar-refractivity contribution < 1.29 is 4.74 Å². The zero-order valence-corrected chi connectivity index (χ0v) is 26.7. The Bertz CT molecular complexity index is 2010. The van der Waals surface area contributed by atoms with Crippen molar-refractivity contribution in [3.63, 3.8) is 0 Å². The quantitative estimate of drug-likeness (QED) is 0.208. The molecule has 2 aromatic heterocycles. The number of hydrogen-bond donors (Lipinski definition) is 0. The number of benzene rings is 4. The van der Waals surface area contributed by atoms with Crippen LogP contribution in [0.5, 0.6) is 11.5 Å². The number of pyridine rings is 1. The molecular weight excluding hydrogens is 540 g/mol. The highest BCUT2D eigenvalue weighted by atomic mass is 16.5. The average molecular weight is 581 g/mol. The summed E-state index contributed by atoms with van der Waals surface area (Å²) in [5, 5.41) is 2.37. The Hall–Kier alpha value is -4.77. The highest BCUT2D eigenvalue weighted by Crippen LogP contribution is 2.45. The fraction of sp³-hybridized carbons (Fsp3) is 0.256. The van der Waals surface area contributed by atoms with E-state index in [1.54, 1.807) is 0 Å². The predicted molar refractivity (Wildman–Crippen MR) is 184 cm³/mol. The first kappa shape index (κ1) is 28.0. The molecule has 0 atom stereocenters. The minimum atomic E-state index is -0.0504. The van der Waals surface area contributed by atoms with Gasteiger partial charge in [0.05, 0.1) is 29.1 Å². The van der Waals surface area contributed by atoms with Gasteiger partial charge >= 0.3 is 0 Å². The van der Waals surface area contributed by atoms with Gasteiger partial charge in [-0.05, 0) is 76.6 Å². The third-order valence-electron chi connectivity index (χ3n) is 8.73. The van der Waals surface area contributed by atoms with E-state index in [1.165, 1.54) is 33.3 Å². The van der Waals surface area contributed by atoms with Crippen molar-refractivity contribution in [2.75, 3.05) is 23.5 Å². The van der Waals surface area contributed by atoms with Crippen LogP contribution in [0.15, 0.2) is 103 Å². The summed E-state index contributed by atoms with van der Waals surface area (Å²) in [6, 6.07) is 34.5. The highest BCUT2D eigenvalue weighted by Gasteiger charge is 2.28. The average Bonchev–Trinajstić information content (AvgIpc) is 3.50. The van der Waals surface area contributed by atoms with E-state index in [1.807, 2.05) is 18.3 Å². The van der Waals surface area contributed by atoms with Crippen LogP contribution >= 0.6 is 0 Å². The third kappa shape index (κ3) is 4.86. The van der Waals surface area contributed by atoms with Gasteiger partial charge in [-0.3, -0.25) is 4.57 Å². The van der Waals surface area contributed by atoms with Crippen molar-refractivity contribution in [1.29, 1.82) is 0 Å². The molecule has 6 aromatic rings. The van der Waals surface area contributed by atoms with Gasteiger partial charge in [0.2, 0.25) is 0 Å². The van der Waals surface area contributed by atoms with E-state index < -0.39 is 0 Å². The smallest absolute Gasteiger partial charge is 0.137 e. The minimum Gasteiger partial charge on any atom is -0.457 e. The lowest BCUT2D eigenvalue weighted by Crippen LogP contribution is -2.24. The van der Waals surface area contributed by atoms with Gasteiger partial charge in [-0.2, -0.15) is 0 Å². The Balaban J connectivity index is 1.33. The molecule has 0 saturated carbocycles. The molecule has 4 aromatic carbocycles. The van der Waals surface area contributed by atoms with E-state index in [-0.39, 0.29) is 10.8 Å². The molecule has 0 bridgehead atoms. The van der Waals surface area contributed by atoms with Crippen LogP contribution in [0.4, 0.5) is 17.1 Å². The van der Waals surface area contributed by atoms with E-state index in [9.17, 15) is 0 Å². The van der Waals surface area contributed by atoms with Gasteiger partial charge in [-0.25, -0.2) is 4.98 Å². The highest BCUT2D eigenvalue weighted by molar-refractivity contribution is 6.09. The Morgan fingerprint density at radius 1 is 0.636 bits per heavy atom. The van der Waals surface area contributed by atoms with Gasteiger partial charge < -0.3 is 14.5 Å². The van der Waals surface area contributed by atoms with Crippen LogP contribution < -0.4 is 14.5 Å². The molecule has 5 nitrogen and oxygen atoms in total. The predicted octanol–water partition coefficient (Wildman–Crippen LogP) is 10.1. The molecule has 44 heavy (non-hydrogen) atoms. The molecule has 3 heterocycles. The molecule has 7 rings (SSSR count). The molecule has 0 unspecified atom stereocenters. The van der Waals surface area contributed by atoms with Gasteiger partial charge in [0.25, 0.3) is 0 Å². The first-order valence-corrected chi connectivity index (χ1v) is 15.4. The van der Waals surface area contributed by atoms with Crippen LogP contribution in [0.1, 0.15) is 52.7 Å². The number of nitrogens with zero attached hydrogens (tertiary/aromatic N) is 4. The lowest BCUT2D eigenvalue weighted by atomic mass is 9.86. The zero-order valence-electron chi connectivity index (χ0n) is 26.7. The molecule has 222 valence electrons. The van der Waals surface area contributed by atoms with Crippen LogP contribution in [-0.4, -0.2) is 23.3 Å². The standard InChI is InChI=1S/C39H40N4O/c1-38(2,3)26-15-18-34-36(22-26)42(25-41(34)7)28-20-27(39(4,5)6)21-30(23-28)44-29-16-17-32-31-12-8-9-13-33(31)43(35(32)24-29)37-14-10-11-19-40-37/h8-24H,25H2,1-7H3. The van der Waals surface area contributed by atoms with Crippen LogP contribution in [0.2, 0.25) is 0 Å². The number of aromatic nitrogens is 2. The largest absolute Gasteiger partial charge is 0.457 e. The third-order valence-corrected chi connectivity index (χ3v) is 8.73. The van der Waals surface area contributed by atoms with Crippen LogP contribution in [0, 0.1) is 0 Å². The lowest BCUT2D eigenvalue weighted by molar-refractivity contribution is 0.479. The number of fused-ring (bicyclic) bond motifs is 4. The fourth-order valence-corrected chi connectivity index (χ4v) is 6.23. The summed E-state index contributed by atoms with van der Waals surface area (Å²) in [4.78, 5) is 9.42. The SMILES string of the molecule is CN1CN(c2cc(Oc3ccc4c5ccccc5n(-c5ccccn5)c4c3)cc(C(C)(C)C)c2)c2cc(C(C)(C)C)ccc21. The van der Waals surface area contributed by atoms with Crippen molar-refractivity contribution in [3.8, 4) is 17.3 Å². The van der Waals surface area contributed by atoms with Crippen LogP contribution in [0.25, 0.3) is 27.6 Å². The molecule has 0 amide bonds. The molecule has 0 N–H and O–H groups in total. The first-order valence-electron chi connectivity index (χ1n) is 15.4. The van der Waals surface area contributed by atoms with Gasteiger partial charge in [0, 0.05) is 41.8 Å². The van der Waals surface area contributed by atoms with E-state index in [4.69, 9.17) is 4.74 Å². The Kier molecular flexibility index (Phi) is 6.47. The van der Waals surface area contributed by atoms with Crippen LogP contribution in [-0.2, 0) is 10.8 Å². The van der Waals surface area contributed by atoms with E-state index >= 15 is 0 Å². The van der Waals surface area contributed by atoms with Crippen molar-refractivity contribution in [2.24, 2.45) is 0 Å². The summed E-state index contributed by atoms with van der Waals surface area (Å²) in [6.07, 6.45) is 1.84. The second-order valence-electron chi connectivity index (χ2n) is 14.0. The van der Waals surface area contributed by atoms with Gasteiger partial charge in [-0.1, -0.05) is 71.9 Å². The number of rotatable bonds is 4. The second kappa shape index (κ2) is 10.2. The van der Waals surface area contributed by atoms with Gasteiger partial charge in [0.15, 0.2) is 0 Å².